The van der Waals surface area contributed by atoms with E-state index >= 15 is 0 Å². The summed E-state index contributed by atoms with van der Waals surface area (Å²) in [5.41, 5.74) is 7.91. The van der Waals surface area contributed by atoms with Crippen LogP contribution in [0.15, 0.2) is 66.7 Å². The number of para-hydroxylation sites is 2. The predicted molar refractivity (Wildman–Crippen MR) is 147 cm³/mol. The van der Waals surface area contributed by atoms with Crippen LogP contribution in [-0.2, 0) is 15.7 Å². The van der Waals surface area contributed by atoms with Crippen molar-refractivity contribution in [3.8, 4) is 5.75 Å². The lowest BCUT2D eigenvalue weighted by Crippen LogP contribution is -2.34. The van der Waals surface area contributed by atoms with Gasteiger partial charge in [0.1, 0.15) is 5.75 Å². The number of thiol groups is 1. The Hall–Kier alpha value is -3.93. The van der Waals surface area contributed by atoms with E-state index in [2.05, 4.69) is 20.6 Å². The van der Waals surface area contributed by atoms with Gasteiger partial charge in [-0.1, -0.05) is 36.7 Å². The van der Waals surface area contributed by atoms with E-state index in [1.54, 1.807) is 67.6 Å². The summed E-state index contributed by atoms with van der Waals surface area (Å²) in [5, 5.41) is 6.19. The highest BCUT2D eigenvalue weighted by atomic mass is 35.5. The van der Waals surface area contributed by atoms with Crippen molar-refractivity contribution in [3.63, 3.8) is 0 Å². The van der Waals surface area contributed by atoms with Crippen LogP contribution in [0.1, 0.15) is 13.3 Å². The molecule has 0 aliphatic heterocycles. The Morgan fingerprint density at radius 3 is 2.49 bits per heavy atom. The van der Waals surface area contributed by atoms with Gasteiger partial charge < -0.3 is 21.1 Å². The number of aromatic nitrogens is 2. The lowest BCUT2D eigenvalue weighted by Gasteiger charge is -2.21. The monoisotopic (exact) mass is 540 g/mol. The zero-order valence-electron chi connectivity index (χ0n) is 20.0. The standard InChI is InChI=1S/C25H25ClN6O4S/c1-3-19(27)25(33)28-15-7-6-8-16(13-15)32(37(34)35)24-23(29-20-9-4-5-10-21(20)31-24)30-22-14-17(36-2)11-12-18(22)26/h4-14,19,37H,3,27H2,1-2H3,(H,28,33)(H,29,30)/t19-/m0/s1. The molecule has 0 aliphatic carbocycles. The topological polar surface area (TPSA) is 140 Å². The Morgan fingerprint density at radius 2 is 1.81 bits per heavy atom. The van der Waals surface area contributed by atoms with Crippen LogP contribution < -0.4 is 25.4 Å². The summed E-state index contributed by atoms with van der Waals surface area (Å²) in [6.45, 7) is 1.80. The second kappa shape index (κ2) is 11.4. The van der Waals surface area contributed by atoms with E-state index in [0.717, 1.165) is 4.31 Å². The molecule has 1 aromatic heterocycles. The number of anilines is 5. The summed E-state index contributed by atoms with van der Waals surface area (Å²) in [5.74, 6) is 0.332. The third-order valence-electron chi connectivity index (χ3n) is 5.48. The molecule has 0 spiro atoms. The molecule has 0 saturated heterocycles. The van der Waals surface area contributed by atoms with Crippen molar-refractivity contribution in [2.75, 3.05) is 22.0 Å². The molecular formula is C25H25ClN6O4S. The zero-order valence-corrected chi connectivity index (χ0v) is 21.7. The largest absolute Gasteiger partial charge is 0.497 e. The third-order valence-corrected chi connectivity index (χ3v) is 6.55. The highest BCUT2D eigenvalue weighted by Gasteiger charge is 2.22. The summed E-state index contributed by atoms with van der Waals surface area (Å²) in [6.07, 6.45) is 0.457. The van der Waals surface area contributed by atoms with Gasteiger partial charge in [0.15, 0.2) is 11.6 Å². The molecule has 0 aliphatic rings. The lowest BCUT2D eigenvalue weighted by atomic mass is 10.2. The van der Waals surface area contributed by atoms with Crippen LogP contribution in [0.2, 0.25) is 5.02 Å². The van der Waals surface area contributed by atoms with E-state index in [9.17, 15) is 13.2 Å². The number of rotatable bonds is 9. The van der Waals surface area contributed by atoms with Gasteiger partial charge in [-0.25, -0.2) is 22.7 Å². The van der Waals surface area contributed by atoms with Crippen molar-refractivity contribution in [2.45, 2.75) is 19.4 Å². The number of fused-ring (bicyclic) bond motifs is 1. The van der Waals surface area contributed by atoms with Crippen LogP contribution in [0, 0.1) is 0 Å². The molecule has 4 rings (SSSR count). The van der Waals surface area contributed by atoms with Crippen molar-refractivity contribution in [2.24, 2.45) is 5.73 Å². The minimum atomic E-state index is -3.23. The van der Waals surface area contributed by atoms with Gasteiger partial charge in [0.2, 0.25) is 16.8 Å². The molecule has 192 valence electrons. The number of nitrogens with zero attached hydrogens (tertiary/aromatic N) is 3. The van der Waals surface area contributed by atoms with Crippen LogP contribution in [0.25, 0.3) is 11.0 Å². The average Bonchev–Trinajstić information content (AvgIpc) is 2.89. The SMILES string of the molecule is CC[C@H](N)C(=O)Nc1cccc(N(c2nc3ccccc3nc2Nc2cc(OC)ccc2Cl)[SH](=O)=O)c1. The van der Waals surface area contributed by atoms with Gasteiger partial charge in [0.05, 0.1) is 40.6 Å². The van der Waals surface area contributed by atoms with Gasteiger partial charge in [-0.3, -0.25) is 4.79 Å². The maximum absolute atomic E-state index is 12.6. The number of benzene rings is 3. The fourth-order valence-electron chi connectivity index (χ4n) is 3.51. The Balaban J connectivity index is 1.84. The van der Waals surface area contributed by atoms with Gasteiger partial charge in [-0.05, 0) is 48.9 Å². The molecule has 1 heterocycles. The summed E-state index contributed by atoms with van der Waals surface area (Å²) < 4.78 is 31.5. The Kier molecular flexibility index (Phi) is 8.07. The molecule has 37 heavy (non-hydrogen) atoms. The van der Waals surface area contributed by atoms with Crippen molar-refractivity contribution >= 4 is 68.1 Å². The first-order valence-corrected chi connectivity index (χ1v) is 12.8. The molecule has 0 bridgehead atoms. The molecular weight excluding hydrogens is 516 g/mol. The number of amides is 1. The number of hydrogen-bond acceptors (Lipinski definition) is 8. The molecule has 0 radical (unpaired) electrons. The molecule has 0 saturated carbocycles. The number of carbonyl (C=O) groups excluding carboxylic acids is 1. The van der Waals surface area contributed by atoms with E-state index in [0.29, 0.717) is 39.6 Å². The molecule has 4 N–H and O–H groups in total. The number of ether oxygens (including phenoxy) is 1. The number of methoxy groups -OCH3 is 1. The Labute approximate surface area is 220 Å². The van der Waals surface area contributed by atoms with E-state index in [-0.39, 0.29) is 23.2 Å². The van der Waals surface area contributed by atoms with E-state index < -0.39 is 16.9 Å². The first-order valence-electron chi connectivity index (χ1n) is 11.3. The number of hydrogen-bond donors (Lipinski definition) is 4. The number of halogens is 1. The zero-order chi connectivity index (χ0) is 26.5. The fraction of sp³-hybridized carbons (Fsp3) is 0.160. The highest BCUT2D eigenvalue weighted by molar-refractivity contribution is 7.74. The second-order valence-electron chi connectivity index (χ2n) is 7.96. The third kappa shape index (κ3) is 5.91. The van der Waals surface area contributed by atoms with Crippen LogP contribution in [0.4, 0.5) is 28.7 Å². The number of nitrogens with one attached hydrogen (secondary N) is 2. The molecule has 0 unspecified atom stereocenters. The Morgan fingerprint density at radius 1 is 1.08 bits per heavy atom. The average molecular weight is 541 g/mol. The first kappa shape index (κ1) is 26.1. The molecule has 0 fully saturated rings. The second-order valence-corrected chi connectivity index (χ2v) is 9.24. The van der Waals surface area contributed by atoms with Crippen LogP contribution in [-0.4, -0.2) is 37.4 Å². The van der Waals surface area contributed by atoms with E-state index in [1.165, 1.54) is 13.2 Å². The van der Waals surface area contributed by atoms with Crippen LogP contribution in [0.3, 0.4) is 0 Å². The summed E-state index contributed by atoms with van der Waals surface area (Å²) >= 11 is 6.39. The van der Waals surface area contributed by atoms with Crippen molar-refractivity contribution in [3.05, 3.63) is 71.8 Å². The maximum Gasteiger partial charge on any atom is 0.241 e. The van der Waals surface area contributed by atoms with Crippen molar-refractivity contribution in [1.29, 1.82) is 0 Å². The lowest BCUT2D eigenvalue weighted by molar-refractivity contribution is -0.117. The van der Waals surface area contributed by atoms with Crippen molar-refractivity contribution < 1.29 is 17.9 Å². The fourth-order valence-corrected chi connectivity index (χ4v) is 4.28. The van der Waals surface area contributed by atoms with E-state index in [1.807, 2.05) is 0 Å². The minimum absolute atomic E-state index is 0.0161. The van der Waals surface area contributed by atoms with Gasteiger partial charge >= 0.3 is 0 Å². The summed E-state index contributed by atoms with van der Waals surface area (Å²) in [4.78, 5) is 21.5. The summed E-state index contributed by atoms with van der Waals surface area (Å²) in [6, 6.07) is 17.8. The van der Waals surface area contributed by atoms with E-state index in [4.69, 9.17) is 22.1 Å². The van der Waals surface area contributed by atoms with Gasteiger partial charge in [0, 0.05) is 11.8 Å². The number of carbonyl (C=O) groups is 1. The summed E-state index contributed by atoms with van der Waals surface area (Å²) in [7, 11) is -1.71. The van der Waals surface area contributed by atoms with Gasteiger partial charge in [-0.2, -0.15) is 0 Å². The normalized spacial score (nSPS) is 11.8. The smallest absolute Gasteiger partial charge is 0.241 e. The molecule has 1 atom stereocenters. The molecule has 12 heteroatoms. The molecule has 3 aromatic carbocycles. The van der Waals surface area contributed by atoms with Crippen LogP contribution in [0.5, 0.6) is 5.75 Å². The van der Waals surface area contributed by atoms with Gasteiger partial charge in [0.25, 0.3) is 0 Å². The van der Waals surface area contributed by atoms with Gasteiger partial charge in [-0.15, -0.1) is 0 Å². The van der Waals surface area contributed by atoms with Crippen LogP contribution >= 0.6 is 11.6 Å². The molecule has 1 amide bonds. The highest BCUT2D eigenvalue weighted by Crippen LogP contribution is 2.36. The maximum atomic E-state index is 12.6. The molecule has 4 aromatic rings. The molecule has 10 nitrogen and oxygen atoms in total. The Bertz CT molecular complexity index is 1520. The van der Waals surface area contributed by atoms with Crippen molar-refractivity contribution in [1.82, 2.24) is 9.97 Å². The number of nitrogens with two attached hydrogens (primary N) is 1. The predicted octanol–water partition coefficient (Wildman–Crippen LogP) is 4.38. The first-order chi connectivity index (χ1) is 17.8. The quantitative estimate of drug-likeness (QED) is 0.229. The minimum Gasteiger partial charge on any atom is -0.497 e.